The molecule has 4 aromatic rings. The van der Waals surface area contributed by atoms with E-state index in [0.29, 0.717) is 18.3 Å². The molecule has 0 spiro atoms. The van der Waals surface area contributed by atoms with Crippen molar-refractivity contribution in [2.75, 3.05) is 17.2 Å². The van der Waals surface area contributed by atoms with Gasteiger partial charge in [-0.05, 0) is 29.7 Å². The topological polar surface area (TPSA) is 91.4 Å². The summed E-state index contributed by atoms with van der Waals surface area (Å²) in [6.45, 7) is 1.37. The molecule has 3 N–H and O–H groups in total. The van der Waals surface area contributed by atoms with E-state index in [1.54, 1.807) is 12.4 Å². The lowest BCUT2D eigenvalue weighted by Gasteiger charge is -2.07. The molecule has 0 amide bonds. The molecule has 130 valence electrons. The van der Waals surface area contributed by atoms with Gasteiger partial charge >= 0.3 is 0 Å². The largest absolute Gasteiger partial charge is 0.364 e. The smallest absolute Gasteiger partial charge is 0.244 e. The van der Waals surface area contributed by atoms with Gasteiger partial charge in [0, 0.05) is 42.6 Å². The molecule has 0 saturated heterocycles. The standard InChI is InChI=1S/C19H19N7/c1-2-6-17-16(5-1)15(12-22-17)7-9-21-19-25-18(13-24-26-19)23-11-14-4-3-8-20-10-14/h1-6,8,10,12-13,22H,7,9,11H2,(H2,21,23,25,26). The Hall–Kier alpha value is -3.48. The quantitative estimate of drug-likeness (QED) is 0.477. The van der Waals surface area contributed by atoms with Crippen molar-refractivity contribution >= 4 is 22.7 Å². The van der Waals surface area contributed by atoms with E-state index < -0.39 is 0 Å². The minimum absolute atomic E-state index is 0.515. The lowest BCUT2D eigenvalue weighted by atomic mass is 10.1. The summed E-state index contributed by atoms with van der Waals surface area (Å²) >= 11 is 0. The van der Waals surface area contributed by atoms with Gasteiger partial charge in [0.15, 0.2) is 5.82 Å². The molecular weight excluding hydrogens is 326 g/mol. The van der Waals surface area contributed by atoms with Crippen molar-refractivity contribution < 1.29 is 0 Å². The number of rotatable bonds is 7. The molecule has 0 aliphatic carbocycles. The van der Waals surface area contributed by atoms with Crippen molar-refractivity contribution in [3.63, 3.8) is 0 Å². The molecule has 0 fully saturated rings. The van der Waals surface area contributed by atoms with Gasteiger partial charge in [0.2, 0.25) is 5.95 Å². The van der Waals surface area contributed by atoms with E-state index in [2.05, 4.69) is 60.2 Å². The Morgan fingerprint density at radius 3 is 2.88 bits per heavy atom. The fraction of sp³-hybridized carbons (Fsp3) is 0.158. The number of pyridine rings is 1. The molecule has 0 aliphatic heterocycles. The predicted octanol–water partition coefficient (Wildman–Crippen LogP) is 3.01. The Balaban J connectivity index is 1.33. The number of aromatic amines is 1. The Kier molecular flexibility index (Phi) is 4.68. The Labute approximate surface area is 150 Å². The number of anilines is 2. The van der Waals surface area contributed by atoms with Gasteiger partial charge in [-0.25, -0.2) is 0 Å². The van der Waals surface area contributed by atoms with Crippen LogP contribution < -0.4 is 10.6 Å². The summed E-state index contributed by atoms with van der Waals surface area (Å²) in [7, 11) is 0. The highest BCUT2D eigenvalue weighted by atomic mass is 15.3. The molecule has 26 heavy (non-hydrogen) atoms. The van der Waals surface area contributed by atoms with Gasteiger partial charge < -0.3 is 15.6 Å². The summed E-state index contributed by atoms with van der Waals surface area (Å²) in [5, 5.41) is 15.8. The molecule has 0 unspecified atom stereocenters. The zero-order valence-corrected chi connectivity index (χ0v) is 14.2. The fourth-order valence-electron chi connectivity index (χ4n) is 2.81. The summed E-state index contributed by atoms with van der Waals surface area (Å²) in [6, 6.07) is 12.2. The predicted molar refractivity (Wildman–Crippen MR) is 102 cm³/mol. The van der Waals surface area contributed by atoms with Crippen LogP contribution in [0.25, 0.3) is 10.9 Å². The molecule has 7 heteroatoms. The van der Waals surface area contributed by atoms with Crippen molar-refractivity contribution in [1.82, 2.24) is 25.1 Å². The summed E-state index contributed by atoms with van der Waals surface area (Å²) in [5.41, 5.74) is 3.51. The Morgan fingerprint density at radius 1 is 1.00 bits per heavy atom. The minimum atomic E-state index is 0.515. The summed E-state index contributed by atoms with van der Waals surface area (Å²) < 4.78 is 0. The molecule has 7 nitrogen and oxygen atoms in total. The van der Waals surface area contributed by atoms with Crippen LogP contribution in [0.4, 0.5) is 11.8 Å². The van der Waals surface area contributed by atoms with Gasteiger partial charge in [-0.3, -0.25) is 4.98 Å². The van der Waals surface area contributed by atoms with Crippen LogP contribution in [0.5, 0.6) is 0 Å². The number of hydrogen-bond donors (Lipinski definition) is 3. The second-order valence-corrected chi connectivity index (χ2v) is 5.92. The third kappa shape index (κ3) is 3.77. The number of benzene rings is 1. The number of nitrogens with zero attached hydrogens (tertiary/aromatic N) is 4. The number of aromatic nitrogens is 5. The summed E-state index contributed by atoms with van der Waals surface area (Å²) in [6.07, 6.45) is 8.12. The average Bonchev–Trinajstić information content (AvgIpc) is 3.11. The SMILES string of the molecule is c1cncc(CNc2cnnc(NCCc3c[nH]c4ccccc34)n2)c1. The number of hydrogen-bond acceptors (Lipinski definition) is 6. The van der Waals surface area contributed by atoms with Crippen molar-refractivity contribution in [3.05, 3.63) is 72.3 Å². The van der Waals surface area contributed by atoms with Gasteiger partial charge in [0.1, 0.15) is 0 Å². The van der Waals surface area contributed by atoms with Crippen LogP contribution in [0.2, 0.25) is 0 Å². The van der Waals surface area contributed by atoms with Crippen LogP contribution in [-0.4, -0.2) is 31.7 Å². The summed E-state index contributed by atoms with van der Waals surface area (Å²) in [4.78, 5) is 11.8. The molecule has 3 aromatic heterocycles. The lowest BCUT2D eigenvalue weighted by Crippen LogP contribution is -2.10. The Morgan fingerprint density at radius 2 is 1.96 bits per heavy atom. The second kappa shape index (κ2) is 7.60. The molecular formula is C19H19N7. The van der Waals surface area contributed by atoms with E-state index in [0.717, 1.165) is 24.0 Å². The fourth-order valence-corrected chi connectivity index (χ4v) is 2.81. The van der Waals surface area contributed by atoms with Crippen molar-refractivity contribution in [2.24, 2.45) is 0 Å². The first-order chi connectivity index (χ1) is 12.9. The molecule has 0 bridgehead atoms. The normalized spacial score (nSPS) is 10.8. The van der Waals surface area contributed by atoms with Crippen LogP contribution in [0.3, 0.4) is 0 Å². The molecule has 0 saturated carbocycles. The second-order valence-electron chi connectivity index (χ2n) is 5.92. The highest BCUT2D eigenvalue weighted by molar-refractivity contribution is 5.83. The van der Waals surface area contributed by atoms with Gasteiger partial charge in [0.25, 0.3) is 0 Å². The van der Waals surface area contributed by atoms with E-state index in [9.17, 15) is 0 Å². The van der Waals surface area contributed by atoms with Gasteiger partial charge in [-0.15, -0.1) is 5.10 Å². The maximum atomic E-state index is 4.44. The maximum absolute atomic E-state index is 4.44. The zero-order chi connectivity index (χ0) is 17.6. The number of nitrogens with one attached hydrogen (secondary N) is 3. The van der Waals surface area contributed by atoms with Crippen LogP contribution >= 0.6 is 0 Å². The van der Waals surface area contributed by atoms with Crippen molar-refractivity contribution in [2.45, 2.75) is 13.0 Å². The average molecular weight is 345 g/mol. The van der Waals surface area contributed by atoms with Gasteiger partial charge in [0.05, 0.1) is 6.20 Å². The molecule has 0 aliphatic rings. The highest BCUT2D eigenvalue weighted by Crippen LogP contribution is 2.18. The third-order valence-corrected chi connectivity index (χ3v) is 4.11. The van der Waals surface area contributed by atoms with Gasteiger partial charge in [-0.1, -0.05) is 24.3 Å². The Bertz CT molecular complexity index is 981. The monoisotopic (exact) mass is 345 g/mol. The molecule has 1 aromatic carbocycles. The lowest BCUT2D eigenvalue weighted by molar-refractivity contribution is 0.922. The maximum Gasteiger partial charge on any atom is 0.244 e. The van der Waals surface area contributed by atoms with Crippen LogP contribution in [0.15, 0.2) is 61.2 Å². The summed E-state index contributed by atoms with van der Waals surface area (Å²) in [5.74, 6) is 1.19. The van der Waals surface area contributed by atoms with E-state index in [1.807, 2.05) is 24.4 Å². The first kappa shape index (κ1) is 16.0. The zero-order valence-electron chi connectivity index (χ0n) is 14.2. The number of para-hydroxylation sites is 1. The van der Waals surface area contributed by atoms with Crippen LogP contribution in [0.1, 0.15) is 11.1 Å². The first-order valence-electron chi connectivity index (χ1n) is 8.50. The molecule has 4 rings (SSSR count). The number of H-pyrrole nitrogens is 1. The molecule has 0 radical (unpaired) electrons. The molecule has 0 atom stereocenters. The first-order valence-corrected chi connectivity index (χ1v) is 8.50. The van der Waals surface area contributed by atoms with E-state index in [1.165, 1.54) is 10.9 Å². The van der Waals surface area contributed by atoms with E-state index in [-0.39, 0.29) is 0 Å². The minimum Gasteiger partial charge on any atom is -0.364 e. The van der Waals surface area contributed by atoms with Crippen LogP contribution in [-0.2, 0) is 13.0 Å². The van der Waals surface area contributed by atoms with Gasteiger partial charge in [-0.2, -0.15) is 10.1 Å². The van der Waals surface area contributed by atoms with Crippen molar-refractivity contribution in [1.29, 1.82) is 0 Å². The van der Waals surface area contributed by atoms with E-state index >= 15 is 0 Å². The molecule has 3 heterocycles. The third-order valence-electron chi connectivity index (χ3n) is 4.11. The van der Waals surface area contributed by atoms with Crippen molar-refractivity contribution in [3.8, 4) is 0 Å². The van der Waals surface area contributed by atoms with E-state index in [4.69, 9.17) is 0 Å². The van der Waals surface area contributed by atoms with Crippen LogP contribution in [0, 0.1) is 0 Å². The highest BCUT2D eigenvalue weighted by Gasteiger charge is 2.04. The number of fused-ring (bicyclic) bond motifs is 1.